The fraction of sp³-hybridized carbons (Fsp3) is 0. The number of nitrogens with zero attached hydrogens (tertiary/aromatic N) is 3. The van der Waals surface area contributed by atoms with Crippen LogP contribution < -0.4 is 5.32 Å². The van der Waals surface area contributed by atoms with E-state index in [9.17, 15) is 23.7 Å². The number of carbonyl (C=O) groups excluding carboxylic acids is 1. The Morgan fingerprint density at radius 1 is 1.12 bits per heavy atom. The molecule has 0 saturated carbocycles. The number of para-hydroxylation sites is 1. The number of amides is 1. The normalized spacial score (nSPS) is 10.5. The molecule has 25 heavy (non-hydrogen) atoms. The summed E-state index contributed by atoms with van der Waals surface area (Å²) in [5, 5.41) is 17.4. The van der Waals surface area contributed by atoms with E-state index in [2.05, 4.69) is 10.4 Å². The number of hydrogen-bond donors (Lipinski definition) is 1. The summed E-state index contributed by atoms with van der Waals surface area (Å²) < 4.78 is 28.0. The maximum absolute atomic E-state index is 13.3. The van der Waals surface area contributed by atoms with Crippen molar-refractivity contribution < 1.29 is 18.5 Å². The van der Waals surface area contributed by atoms with Crippen molar-refractivity contribution >= 4 is 17.4 Å². The fourth-order valence-corrected chi connectivity index (χ4v) is 2.17. The second kappa shape index (κ2) is 6.48. The number of anilines is 1. The number of hydrogen-bond acceptors (Lipinski definition) is 4. The number of nitro benzene ring substituents is 1. The summed E-state index contributed by atoms with van der Waals surface area (Å²) in [5.74, 6) is -3.63. The molecule has 1 amide bonds. The number of nitrogens with one attached hydrogen (secondary N) is 1. The van der Waals surface area contributed by atoms with E-state index in [0.29, 0.717) is 12.1 Å². The van der Waals surface area contributed by atoms with Gasteiger partial charge in [0.05, 0.1) is 16.7 Å². The van der Waals surface area contributed by atoms with Gasteiger partial charge in [0, 0.05) is 12.3 Å². The average Bonchev–Trinajstić information content (AvgIpc) is 3.06. The molecule has 0 radical (unpaired) electrons. The van der Waals surface area contributed by atoms with Crippen LogP contribution in [0.15, 0.2) is 54.7 Å². The Balaban J connectivity index is 1.87. The van der Waals surface area contributed by atoms with Crippen LogP contribution in [0.25, 0.3) is 5.69 Å². The van der Waals surface area contributed by atoms with E-state index in [4.69, 9.17) is 0 Å². The number of benzene rings is 2. The van der Waals surface area contributed by atoms with Crippen molar-refractivity contribution in [2.75, 3.05) is 5.32 Å². The van der Waals surface area contributed by atoms with Crippen LogP contribution in [0.2, 0.25) is 0 Å². The van der Waals surface area contributed by atoms with Crippen molar-refractivity contribution in [1.82, 2.24) is 9.78 Å². The third kappa shape index (κ3) is 3.34. The number of carbonyl (C=O) groups is 1. The average molecular weight is 344 g/mol. The lowest BCUT2D eigenvalue weighted by molar-refractivity contribution is -0.385. The van der Waals surface area contributed by atoms with Crippen LogP contribution >= 0.6 is 0 Å². The minimum absolute atomic E-state index is 0.105. The van der Waals surface area contributed by atoms with Gasteiger partial charge in [0.1, 0.15) is 5.56 Å². The first-order valence-corrected chi connectivity index (χ1v) is 7.01. The van der Waals surface area contributed by atoms with Gasteiger partial charge in [0.25, 0.3) is 11.6 Å². The summed E-state index contributed by atoms with van der Waals surface area (Å²) in [4.78, 5) is 22.2. The molecule has 0 aliphatic rings. The van der Waals surface area contributed by atoms with Crippen LogP contribution in [0.3, 0.4) is 0 Å². The molecular weight excluding hydrogens is 334 g/mol. The van der Waals surface area contributed by atoms with Gasteiger partial charge in [-0.1, -0.05) is 18.2 Å². The third-order valence-corrected chi connectivity index (χ3v) is 3.33. The molecule has 1 N–H and O–H groups in total. The Morgan fingerprint density at radius 3 is 2.48 bits per heavy atom. The SMILES string of the molecule is O=C(Nc1ccn(-c2ccccc2)n1)c1cc(F)c(F)cc1[N+](=O)[O-]. The lowest BCUT2D eigenvalue weighted by Crippen LogP contribution is -2.15. The van der Waals surface area contributed by atoms with Crippen molar-refractivity contribution in [1.29, 1.82) is 0 Å². The van der Waals surface area contributed by atoms with Crippen molar-refractivity contribution in [2.24, 2.45) is 0 Å². The third-order valence-electron chi connectivity index (χ3n) is 3.33. The molecule has 3 rings (SSSR count). The lowest BCUT2D eigenvalue weighted by Gasteiger charge is -2.04. The topological polar surface area (TPSA) is 90.1 Å². The van der Waals surface area contributed by atoms with E-state index in [-0.39, 0.29) is 5.82 Å². The zero-order chi connectivity index (χ0) is 18.0. The van der Waals surface area contributed by atoms with Gasteiger partial charge in [0.2, 0.25) is 0 Å². The molecule has 0 unspecified atom stereocenters. The molecule has 7 nitrogen and oxygen atoms in total. The number of halogens is 2. The minimum atomic E-state index is -1.41. The molecular formula is C16H10F2N4O3. The van der Waals surface area contributed by atoms with Gasteiger partial charge >= 0.3 is 0 Å². The van der Waals surface area contributed by atoms with Crippen LogP contribution in [0.1, 0.15) is 10.4 Å². The van der Waals surface area contributed by atoms with Crippen LogP contribution in [0.5, 0.6) is 0 Å². The van der Waals surface area contributed by atoms with Gasteiger partial charge in [-0.25, -0.2) is 13.5 Å². The van der Waals surface area contributed by atoms with E-state index in [0.717, 1.165) is 5.69 Å². The van der Waals surface area contributed by atoms with Crippen LogP contribution in [-0.4, -0.2) is 20.6 Å². The Hall–Kier alpha value is -3.62. The standard InChI is InChI=1S/C16H10F2N4O3/c17-12-8-11(14(22(24)25)9-13(12)18)16(23)19-15-6-7-21(20-15)10-4-2-1-3-5-10/h1-9H,(H,19,20,23). The highest BCUT2D eigenvalue weighted by atomic mass is 19.2. The first kappa shape index (κ1) is 16.2. The predicted molar refractivity (Wildman–Crippen MR) is 84.5 cm³/mol. The molecule has 0 bridgehead atoms. The Labute approximate surface area is 139 Å². The van der Waals surface area contributed by atoms with E-state index in [1.165, 1.54) is 10.7 Å². The molecule has 0 spiro atoms. The quantitative estimate of drug-likeness (QED) is 0.581. The molecule has 1 aromatic heterocycles. The van der Waals surface area contributed by atoms with Gasteiger partial charge in [-0.05, 0) is 18.2 Å². The summed E-state index contributed by atoms with van der Waals surface area (Å²) in [6, 6.07) is 11.3. The highest BCUT2D eigenvalue weighted by Crippen LogP contribution is 2.23. The molecule has 0 fully saturated rings. The molecule has 126 valence electrons. The molecule has 0 atom stereocenters. The van der Waals surface area contributed by atoms with Gasteiger partial charge in [-0.3, -0.25) is 14.9 Å². The largest absolute Gasteiger partial charge is 0.305 e. The number of aromatic nitrogens is 2. The van der Waals surface area contributed by atoms with Crippen molar-refractivity contribution in [3.05, 3.63) is 82.0 Å². The van der Waals surface area contributed by atoms with E-state index < -0.39 is 33.7 Å². The minimum Gasteiger partial charge on any atom is -0.305 e. The van der Waals surface area contributed by atoms with Gasteiger partial charge in [-0.2, -0.15) is 5.10 Å². The number of nitro groups is 1. The molecule has 3 aromatic rings. The molecule has 0 saturated heterocycles. The first-order chi connectivity index (χ1) is 12.0. The molecule has 1 heterocycles. The predicted octanol–water partition coefficient (Wildman–Crippen LogP) is 3.31. The molecule has 9 heteroatoms. The van der Waals surface area contributed by atoms with Crippen LogP contribution in [0, 0.1) is 21.7 Å². The molecule has 0 aliphatic carbocycles. The molecule has 0 aliphatic heterocycles. The Bertz CT molecular complexity index is 957. The highest BCUT2D eigenvalue weighted by Gasteiger charge is 2.24. The van der Waals surface area contributed by atoms with Crippen molar-refractivity contribution in [3.63, 3.8) is 0 Å². The summed E-state index contributed by atoms with van der Waals surface area (Å²) in [5.41, 5.74) is -0.696. The summed E-state index contributed by atoms with van der Waals surface area (Å²) in [6.45, 7) is 0. The monoisotopic (exact) mass is 344 g/mol. The van der Waals surface area contributed by atoms with E-state index in [1.54, 1.807) is 30.5 Å². The summed E-state index contributed by atoms with van der Waals surface area (Å²) in [7, 11) is 0. The fourth-order valence-electron chi connectivity index (χ4n) is 2.17. The van der Waals surface area contributed by atoms with Crippen LogP contribution in [0.4, 0.5) is 20.3 Å². The second-order valence-electron chi connectivity index (χ2n) is 4.98. The summed E-state index contributed by atoms with van der Waals surface area (Å²) >= 11 is 0. The number of rotatable bonds is 4. The van der Waals surface area contributed by atoms with Gasteiger partial charge in [-0.15, -0.1) is 0 Å². The molecule has 2 aromatic carbocycles. The zero-order valence-corrected chi connectivity index (χ0v) is 12.5. The summed E-state index contributed by atoms with van der Waals surface area (Å²) in [6.07, 6.45) is 1.57. The van der Waals surface area contributed by atoms with Crippen molar-refractivity contribution in [2.45, 2.75) is 0 Å². The van der Waals surface area contributed by atoms with Gasteiger partial charge in [0.15, 0.2) is 17.5 Å². The van der Waals surface area contributed by atoms with E-state index in [1.807, 2.05) is 6.07 Å². The zero-order valence-electron chi connectivity index (χ0n) is 12.5. The maximum atomic E-state index is 13.3. The first-order valence-electron chi connectivity index (χ1n) is 7.01. The van der Waals surface area contributed by atoms with Crippen molar-refractivity contribution in [3.8, 4) is 5.69 Å². The second-order valence-corrected chi connectivity index (χ2v) is 4.98. The Kier molecular flexibility index (Phi) is 4.21. The smallest absolute Gasteiger partial charge is 0.285 e. The highest BCUT2D eigenvalue weighted by molar-refractivity contribution is 6.06. The van der Waals surface area contributed by atoms with Gasteiger partial charge < -0.3 is 5.32 Å². The Morgan fingerprint density at radius 2 is 1.80 bits per heavy atom. The van der Waals surface area contributed by atoms with Crippen LogP contribution in [-0.2, 0) is 0 Å². The maximum Gasteiger partial charge on any atom is 0.285 e. The lowest BCUT2D eigenvalue weighted by atomic mass is 10.1. The van der Waals surface area contributed by atoms with E-state index >= 15 is 0 Å².